The van der Waals surface area contributed by atoms with Crippen molar-refractivity contribution in [1.29, 1.82) is 5.41 Å². The predicted molar refractivity (Wildman–Crippen MR) is 71.1 cm³/mol. The molecule has 0 aliphatic rings. The number of aryl methyl sites for hydroxylation is 1. The molecular weight excluding hydrogens is 303 g/mol. The third kappa shape index (κ3) is 3.69. The summed E-state index contributed by atoms with van der Waals surface area (Å²) in [5.41, 5.74) is 5.24. The number of aromatic nitrogens is 3. The van der Waals surface area contributed by atoms with Gasteiger partial charge >= 0.3 is 6.18 Å². The third-order valence-corrected chi connectivity index (χ3v) is 3.28. The molecule has 0 atom stereocenters. The van der Waals surface area contributed by atoms with Gasteiger partial charge in [-0.15, -0.1) is 0 Å². The minimum Gasteiger partial charge on any atom is -0.384 e. The van der Waals surface area contributed by atoms with Crippen molar-refractivity contribution >= 4 is 17.6 Å². The monoisotopic (exact) mass is 313 g/mol. The Morgan fingerprint density at radius 2 is 1.86 bits per heavy atom. The van der Waals surface area contributed by atoms with E-state index in [-0.39, 0.29) is 21.6 Å². The lowest BCUT2D eigenvalue weighted by molar-refractivity contribution is -0.141. The first-order valence-corrected chi connectivity index (χ1v) is 6.48. The summed E-state index contributed by atoms with van der Waals surface area (Å²) in [6.45, 7) is 1.79. The van der Waals surface area contributed by atoms with Gasteiger partial charge in [0.15, 0.2) is 5.16 Å². The summed E-state index contributed by atoms with van der Waals surface area (Å²) in [5, 5.41) is 7.58. The van der Waals surface area contributed by atoms with Crippen LogP contribution in [0, 0.1) is 12.3 Å². The molecule has 0 amide bonds. The van der Waals surface area contributed by atoms with Gasteiger partial charge in [0.2, 0.25) is 0 Å². The molecule has 0 saturated heterocycles. The number of amidine groups is 1. The van der Waals surface area contributed by atoms with Crippen molar-refractivity contribution in [3.63, 3.8) is 0 Å². The van der Waals surface area contributed by atoms with Crippen molar-refractivity contribution in [3.8, 4) is 0 Å². The number of halogens is 3. The Balaban J connectivity index is 2.43. The van der Waals surface area contributed by atoms with Crippen molar-refractivity contribution < 1.29 is 13.2 Å². The molecule has 0 bridgehead atoms. The molecule has 2 rings (SSSR count). The molecule has 0 radical (unpaired) electrons. The van der Waals surface area contributed by atoms with Crippen LogP contribution in [0.1, 0.15) is 16.8 Å². The number of nitrogens with two attached hydrogens (primary N) is 1. The zero-order chi connectivity index (χ0) is 15.6. The molecule has 0 aliphatic heterocycles. The normalized spacial score (nSPS) is 11.4. The first-order chi connectivity index (χ1) is 9.77. The fourth-order valence-electron chi connectivity index (χ4n) is 1.40. The van der Waals surface area contributed by atoms with Gasteiger partial charge in [-0.3, -0.25) is 5.41 Å². The summed E-state index contributed by atoms with van der Waals surface area (Å²) >= 11 is 0.827. The number of rotatable bonds is 3. The van der Waals surface area contributed by atoms with Crippen LogP contribution in [-0.2, 0) is 6.18 Å². The number of alkyl halides is 3. The molecule has 0 fully saturated rings. The smallest absolute Gasteiger partial charge is 0.384 e. The van der Waals surface area contributed by atoms with Crippen molar-refractivity contribution in [2.75, 3.05) is 0 Å². The summed E-state index contributed by atoms with van der Waals surface area (Å²) in [6, 6.07) is 1.91. The standard InChI is InChI=1S/C12H10F3N5S/c1-6-4-18-11(19-5-6)21-10-7(9(16)17)2-3-8(20-10)12(13,14)15/h2-5H,1H3,(H3,16,17). The van der Waals surface area contributed by atoms with Crippen LogP contribution < -0.4 is 5.73 Å². The van der Waals surface area contributed by atoms with E-state index < -0.39 is 11.9 Å². The fourth-order valence-corrected chi connectivity index (χ4v) is 2.22. The Morgan fingerprint density at radius 3 is 2.38 bits per heavy atom. The van der Waals surface area contributed by atoms with E-state index >= 15 is 0 Å². The van der Waals surface area contributed by atoms with E-state index in [1.54, 1.807) is 6.92 Å². The van der Waals surface area contributed by atoms with Gasteiger partial charge in [0.25, 0.3) is 0 Å². The van der Waals surface area contributed by atoms with Crippen molar-refractivity contribution in [2.45, 2.75) is 23.3 Å². The minimum absolute atomic E-state index is 0.0545. The Hall–Kier alpha value is -2.16. The maximum Gasteiger partial charge on any atom is 0.433 e. The van der Waals surface area contributed by atoms with E-state index in [1.165, 1.54) is 12.4 Å². The van der Waals surface area contributed by atoms with Crippen LogP contribution >= 0.6 is 11.8 Å². The number of hydrogen-bond acceptors (Lipinski definition) is 5. The molecule has 110 valence electrons. The second-order valence-corrected chi connectivity index (χ2v) is 5.06. The minimum atomic E-state index is -4.57. The van der Waals surface area contributed by atoms with E-state index in [2.05, 4.69) is 15.0 Å². The van der Waals surface area contributed by atoms with Gasteiger partial charge in [0.05, 0.1) is 0 Å². The number of nitrogen functional groups attached to an aromatic ring is 1. The largest absolute Gasteiger partial charge is 0.433 e. The van der Waals surface area contributed by atoms with Gasteiger partial charge in [-0.05, 0) is 36.4 Å². The zero-order valence-electron chi connectivity index (χ0n) is 10.8. The Kier molecular flexibility index (Phi) is 4.12. The predicted octanol–water partition coefficient (Wildman–Crippen LogP) is 2.63. The summed E-state index contributed by atoms with van der Waals surface area (Å²) < 4.78 is 38.1. The van der Waals surface area contributed by atoms with E-state index in [0.29, 0.717) is 0 Å². The lowest BCUT2D eigenvalue weighted by Gasteiger charge is -2.10. The summed E-state index contributed by atoms with van der Waals surface area (Å²) in [6.07, 6.45) is -1.49. The van der Waals surface area contributed by atoms with E-state index in [9.17, 15) is 13.2 Å². The van der Waals surface area contributed by atoms with Gasteiger partial charge in [0.1, 0.15) is 16.6 Å². The van der Waals surface area contributed by atoms with Crippen LogP contribution in [0.3, 0.4) is 0 Å². The Morgan fingerprint density at radius 1 is 1.24 bits per heavy atom. The molecular formula is C12H10F3N5S. The van der Waals surface area contributed by atoms with Gasteiger partial charge in [-0.25, -0.2) is 15.0 Å². The zero-order valence-corrected chi connectivity index (χ0v) is 11.6. The molecule has 0 unspecified atom stereocenters. The second-order valence-electron chi connectivity index (χ2n) is 4.11. The van der Waals surface area contributed by atoms with Crippen LogP contribution in [0.5, 0.6) is 0 Å². The maximum atomic E-state index is 12.7. The topological polar surface area (TPSA) is 88.5 Å². The average Bonchev–Trinajstić information content (AvgIpc) is 2.40. The highest BCUT2D eigenvalue weighted by Crippen LogP contribution is 2.32. The summed E-state index contributed by atoms with van der Waals surface area (Å²) in [7, 11) is 0. The quantitative estimate of drug-likeness (QED) is 0.516. The van der Waals surface area contributed by atoms with Crippen molar-refractivity contribution in [1.82, 2.24) is 15.0 Å². The molecule has 0 aromatic carbocycles. The molecule has 0 saturated carbocycles. The highest BCUT2D eigenvalue weighted by Gasteiger charge is 2.33. The van der Waals surface area contributed by atoms with Gasteiger partial charge in [-0.2, -0.15) is 13.2 Å². The van der Waals surface area contributed by atoms with Gasteiger partial charge in [-0.1, -0.05) is 0 Å². The molecule has 3 N–H and O–H groups in total. The van der Waals surface area contributed by atoms with Crippen LogP contribution in [0.25, 0.3) is 0 Å². The first-order valence-electron chi connectivity index (χ1n) is 5.66. The molecule has 5 nitrogen and oxygen atoms in total. The fraction of sp³-hybridized carbons (Fsp3) is 0.167. The highest BCUT2D eigenvalue weighted by atomic mass is 32.2. The number of nitrogens with zero attached hydrogens (tertiary/aromatic N) is 3. The van der Waals surface area contributed by atoms with Crippen LogP contribution in [0.15, 0.2) is 34.7 Å². The number of hydrogen-bond donors (Lipinski definition) is 2. The van der Waals surface area contributed by atoms with Crippen LogP contribution in [-0.4, -0.2) is 20.8 Å². The lowest BCUT2D eigenvalue weighted by Crippen LogP contribution is -2.16. The van der Waals surface area contributed by atoms with Gasteiger partial charge in [0, 0.05) is 18.0 Å². The molecule has 0 aliphatic carbocycles. The second kappa shape index (κ2) is 5.68. The van der Waals surface area contributed by atoms with Gasteiger partial charge < -0.3 is 5.73 Å². The highest BCUT2D eigenvalue weighted by molar-refractivity contribution is 7.99. The number of nitrogens with one attached hydrogen (secondary N) is 1. The summed E-state index contributed by atoms with van der Waals surface area (Å²) in [5.74, 6) is -0.370. The molecule has 21 heavy (non-hydrogen) atoms. The maximum absolute atomic E-state index is 12.7. The van der Waals surface area contributed by atoms with E-state index in [4.69, 9.17) is 11.1 Å². The third-order valence-electron chi connectivity index (χ3n) is 2.39. The molecule has 9 heteroatoms. The molecule has 0 spiro atoms. The van der Waals surface area contributed by atoms with E-state index in [0.717, 1.165) is 29.5 Å². The lowest BCUT2D eigenvalue weighted by atomic mass is 10.2. The van der Waals surface area contributed by atoms with Crippen LogP contribution in [0.2, 0.25) is 0 Å². The average molecular weight is 313 g/mol. The SMILES string of the molecule is Cc1cnc(Sc2nc(C(F)(F)F)ccc2C(=N)N)nc1. The van der Waals surface area contributed by atoms with Crippen LogP contribution in [0.4, 0.5) is 13.2 Å². The van der Waals surface area contributed by atoms with E-state index in [1.807, 2.05) is 0 Å². The Bertz CT molecular complexity index is 670. The number of pyridine rings is 1. The summed E-state index contributed by atoms with van der Waals surface area (Å²) in [4.78, 5) is 11.5. The first kappa shape index (κ1) is 15.2. The molecule has 2 aromatic rings. The van der Waals surface area contributed by atoms with Crippen molar-refractivity contribution in [3.05, 3.63) is 41.3 Å². The molecule has 2 aromatic heterocycles. The molecule has 2 heterocycles. The Labute approximate surface area is 122 Å². The van der Waals surface area contributed by atoms with Crippen molar-refractivity contribution in [2.24, 2.45) is 5.73 Å².